The summed E-state index contributed by atoms with van der Waals surface area (Å²) in [7, 11) is 1.64. The topological polar surface area (TPSA) is 98.0 Å². The third-order valence-electron chi connectivity index (χ3n) is 5.89. The van der Waals surface area contributed by atoms with Gasteiger partial charge in [0, 0.05) is 36.9 Å². The number of benzene rings is 1. The fourth-order valence-electron chi connectivity index (χ4n) is 4.53. The largest absolute Gasteiger partial charge is 0.487 e. The molecule has 2 aliphatic heterocycles. The minimum absolute atomic E-state index is 0.0701. The van der Waals surface area contributed by atoms with Gasteiger partial charge in [-0.3, -0.25) is 4.79 Å². The van der Waals surface area contributed by atoms with Crippen molar-refractivity contribution in [2.75, 3.05) is 13.7 Å². The molecule has 0 spiro atoms. The van der Waals surface area contributed by atoms with Crippen molar-refractivity contribution in [3.05, 3.63) is 50.8 Å². The zero-order valence-electron chi connectivity index (χ0n) is 17.0. The number of nitrogens with zero attached hydrogens (tertiary/aromatic N) is 1. The van der Waals surface area contributed by atoms with Crippen LogP contribution < -0.4 is 10.2 Å². The van der Waals surface area contributed by atoms with Crippen LogP contribution in [0.15, 0.2) is 23.1 Å². The Balaban J connectivity index is 1.97. The van der Waals surface area contributed by atoms with Crippen molar-refractivity contribution in [1.29, 1.82) is 0 Å². The minimum Gasteiger partial charge on any atom is -0.487 e. The molecule has 7 heteroatoms. The van der Waals surface area contributed by atoms with Gasteiger partial charge in [0.15, 0.2) is 5.43 Å². The van der Waals surface area contributed by atoms with Crippen LogP contribution in [0.4, 0.5) is 0 Å². The number of aliphatic hydroxyl groups is 1. The maximum atomic E-state index is 12.5. The molecule has 0 saturated heterocycles. The maximum Gasteiger partial charge on any atom is 0.341 e. The van der Waals surface area contributed by atoms with Crippen molar-refractivity contribution in [2.24, 2.45) is 0 Å². The molecule has 7 nitrogen and oxygen atoms in total. The third kappa shape index (κ3) is 3.14. The van der Waals surface area contributed by atoms with Gasteiger partial charge in [-0.25, -0.2) is 4.79 Å². The predicted molar refractivity (Wildman–Crippen MR) is 107 cm³/mol. The van der Waals surface area contributed by atoms with Gasteiger partial charge in [0.2, 0.25) is 0 Å². The van der Waals surface area contributed by atoms with Crippen LogP contribution in [-0.2, 0) is 17.6 Å². The highest BCUT2D eigenvalue weighted by molar-refractivity contribution is 5.88. The monoisotopic (exact) mass is 399 g/mol. The number of hydrogen-bond donors (Lipinski definition) is 2. The Morgan fingerprint density at radius 1 is 1.31 bits per heavy atom. The number of pyridine rings is 1. The number of carbonyl (C=O) groups is 1. The second-order valence-electron chi connectivity index (χ2n) is 8.45. The van der Waals surface area contributed by atoms with E-state index in [9.17, 15) is 19.8 Å². The zero-order valence-corrected chi connectivity index (χ0v) is 17.0. The van der Waals surface area contributed by atoms with Gasteiger partial charge in [-0.15, -0.1) is 0 Å². The van der Waals surface area contributed by atoms with Crippen molar-refractivity contribution < 1.29 is 24.5 Å². The molecule has 154 valence electrons. The van der Waals surface area contributed by atoms with Crippen LogP contribution >= 0.6 is 0 Å². The summed E-state index contributed by atoms with van der Waals surface area (Å²) in [5.41, 5.74) is 2.62. The lowest BCUT2D eigenvalue weighted by atomic mass is 9.81. The van der Waals surface area contributed by atoms with Gasteiger partial charge in [-0.2, -0.15) is 0 Å². The predicted octanol–water partition coefficient (Wildman–Crippen LogP) is 2.34. The van der Waals surface area contributed by atoms with E-state index in [1.807, 2.05) is 13.0 Å². The van der Waals surface area contributed by atoms with Gasteiger partial charge in [-0.05, 0) is 44.4 Å². The maximum absolute atomic E-state index is 12.5. The second-order valence-corrected chi connectivity index (χ2v) is 8.45. The Kier molecular flexibility index (Phi) is 4.55. The molecule has 29 heavy (non-hydrogen) atoms. The number of fused-ring (bicyclic) bond motifs is 5. The van der Waals surface area contributed by atoms with Gasteiger partial charge >= 0.3 is 5.97 Å². The quantitative estimate of drug-likeness (QED) is 0.819. The van der Waals surface area contributed by atoms with Gasteiger partial charge in [0.05, 0.1) is 23.9 Å². The molecule has 2 N–H and O–H groups in total. The fourth-order valence-corrected chi connectivity index (χ4v) is 4.53. The highest BCUT2D eigenvalue weighted by Crippen LogP contribution is 2.46. The molecule has 4 rings (SSSR count). The van der Waals surface area contributed by atoms with Crippen molar-refractivity contribution in [3.8, 4) is 17.0 Å². The van der Waals surface area contributed by atoms with E-state index in [0.29, 0.717) is 25.1 Å². The number of aryl methyl sites for hydroxylation is 1. The molecular formula is C22H25NO6. The van der Waals surface area contributed by atoms with Crippen LogP contribution in [-0.4, -0.2) is 46.2 Å². The summed E-state index contributed by atoms with van der Waals surface area (Å²) in [5.74, 6) is -0.426. The lowest BCUT2D eigenvalue weighted by Gasteiger charge is -2.38. The molecule has 1 aromatic carbocycles. The number of rotatable bonds is 4. The molecule has 0 radical (unpaired) electrons. The van der Waals surface area contributed by atoms with Crippen LogP contribution in [0, 0.1) is 6.92 Å². The average Bonchev–Trinajstić information content (AvgIpc) is 3.05. The number of carboxylic acids is 1. The number of hydrogen-bond acceptors (Lipinski definition) is 5. The van der Waals surface area contributed by atoms with Gasteiger partial charge in [0.25, 0.3) is 0 Å². The lowest BCUT2D eigenvalue weighted by molar-refractivity contribution is 0.0220. The van der Waals surface area contributed by atoms with Crippen LogP contribution in [0.3, 0.4) is 0 Å². The summed E-state index contributed by atoms with van der Waals surface area (Å²) < 4.78 is 13.1. The summed E-state index contributed by atoms with van der Waals surface area (Å²) in [5, 5.41) is 20.3. The molecule has 2 atom stereocenters. The van der Waals surface area contributed by atoms with E-state index in [1.54, 1.807) is 25.5 Å². The molecule has 0 bridgehead atoms. The smallest absolute Gasteiger partial charge is 0.341 e. The zero-order chi connectivity index (χ0) is 21.1. The molecule has 0 fully saturated rings. The Labute approximate surface area is 168 Å². The highest BCUT2D eigenvalue weighted by Gasteiger charge is 2.38. The molecule has 2 aliphatic rings. The summed E-state index contributed by atoms with van der Waals surface area (Å²) in [6.07, 6.45) is 2.50. The summed E-state index contributed by atoms with van der Waals surface area (Å²) in [6, 6.07) is 2.93. The second kappa shape index (κ2) is 6.71. The molecule has 0 saturated carbocycles. The number of aromatic nitrogens is 1. The van der Waals surface area contributed by atoms with E-state index in [0.717, 1.165) is 28.0 Å². The average molecular weight is 399 g/mol. The molecular weight excluding hydrogens is 374 g/mol. The van der Waals surface area contributed by atoms with Crippen LogP contribution in [0.5, 0.6) is 5.75 Å². The number of ether oxygens (including phenoxy) is 2. The van der Waals surface area contributed by atoms with Crippen molar-refractivity contribution >= 4 is 5.97 Å². The lowest BCUT2D eigenvalue weighted by Crippen LogP contribution is -2.39. The summed E-state index contributed by atoms with van der Waals surface area (Å²) in [6.45, 7) is 5.84. The molecule has 2 unspecified atom stereocenters. The summed E-state index contributed by atoms with van der Waals surface area (Å²) >= 11 is 0. The number of carboxylic acid groups (broad SMARTS) is 1. The molecule has 0 aliphatic carbocycles. The Bertz CT molecular complexity index is 1060. The van der Waals surface area contributed by atoms with Crippen LogP contribution in [0.2, 0.25) is 0 Å². The van der Waals surface area contributed by atoms with E-state index in [1.165, 1.54) is 12.3 Å². The van der Waals surface area contributed by atoms with E-state index in [4.69, 9.17) is 9.47 Å². The highest BCUT2D eigenvalue weighted by atomic mass is 16.5. The number of methoxy groups -OCH3 is 1. The first kappa shape index (κ1) is 19.7. The molecule has 3 heterocycles. The van der Waals surface area contributed by atoms with Crippen molar-refractivity contribution in [3.63, 3.8) is 0 Å². The molecule has 1 aromatic heterocycles. The Hall–Kier alpha value is -2.64. The normalized spacial score (nSPS) is 19.9. The first-order valence-electron chi connectivity index (χ1n) is 9.65. The van der Waals surface area contributed by atoms with Crippen LogP contribution in [0.25, 0.3) is 11.3 Å². The van der Waals surface area contributed by atoms with Crippen molar-refractivity contribution in [1.82, 2.24) is 4.57 Å². The Morgan fingerprint density at radius 2 is 2.03 bits per heavy atom. The van der Waals surface area contributed by atoms with E-state index in [2.05, 4.69) is 0 Å². The molecule has 0 amide bonds. The minimum atomic E-state index is -1.27. The Morgan fingerprint density at radius 3 is 2.66 bits per heavy atom. The van der Waals surface area contributed by atoms with E-state index in [-0.39, 0.29) is 11.7 Å². The summed E-state index contributed by atoms with van der Waals surface area (Å²) in [4.78, 5) is 24.0. The van der Waals surface area contributed by atoms with E-state index >= 15 is 0 Å². The van der Waals surface area contributed by atoms with Gasteiger partial charge < -0.3 is 24.3 Å². The number of aromatic carboxylic acids is 1. The van der Waals surface area contributed by atoms with Crippen LogP contribution in [0.1, 0.15) is 46.9 Å². The van der Waals surface area contributed by atoms with Gasteiger partial charge in [0.1, 0.15) is 17.4 Å². The first-order chi connectivity index (χ1) is 13.6. The first-order valence-corrected chi connectivity index (χ1v) is 9.65. The van der Waals surface area contributed by atoms with Crippen molar-refractivity contribution in [2.45, 2.75) is 51.4 Å². The van der Waals surface area contributed by atoms with E-state index < -0.39 is 23.0 Å². The molecule has 2 aromatic rings. The SMILES string of the molecule is COCC1Cc2c3c(cc(C)c2O1)-c1cc(=O)c(C(=O)O)cn1C(C(C)(C)O)C3. The standard InChI is InChI=1S/C22H25NO6/c1-11-5-14-13(15-6-12(10-28-4)29-20(11)15)7-19(22(2,3)27)23-9-16(21(25)26)18(24)8-17(14)23/h5,8-9,12,19,27H,6-7,10H2,1-4H3,(H,25,26). The van der Waals surface area contributed by atoms with Gasteiger partial charge in [-0.1, -0.05) is 0 Å². The third-order valence-corrected chi connectivity index (χ3v) is 5.89. The fraction of sp³-hybridized carbons (Fsp3) is 0.455.